The Bertz CT molecular complexity index is 425. The highest BCUT2D eigenvalue weighted by Gasteiger charge is 2.25. The number of hydrogen-bond donors (Lipinski definition) is 1. The number of ether oxygens (including phenoxy) is 1. The minimum absolute atomic E-state index is 0.208. The number of fused-ring (bicyclic) bond motifs is 1. The summed E-state index contributed by atoms with van der Waals surface area (Å²) < 4.78 is 6.53. The minimum atomic E-state index is 0.208. The molecule has 2 nitrogen and oxygen atoms in total. The molecule has 5 heteroatoms. The first kappa shape index (κ1) is 13.5. The molecule has 1 heterocycles. The monoisotopic (exact) mass is 337 g/mol. The van der Waals surface area contributed by atoms with Crippen LogP contribution in [-0.2, 0) is 0 Å². The third-order valence-electron chi connectivity index (χ3n) is 2.84. The van der Waals surface area contributed by atoms with Gasteiger partial charge in [-0.3, -0.25) is 0 Å². The van der Waals surface area contributed by atoms with Crippen LogP contribution in [0.3, 0.4) is 0 Å². The van der Waals surface area contributed by atoms with E-state index in [1.165, 1.54) is 0 Å². The maximum Gasteiger partial charge on any atom is 0.144 e. The highest BCUT2D eigenvalue weighted by atomic mass is 79.9. The largest absolute Gasteiger partial charge is 0.492 e. The third-order valence-corrected chi connectivity index (χ3v) is 4.39. The minimum Gasteiger partial charge on any atom is -0.492 e. The van der Waals surface area contributed by atoms with E-state index in [0.717, 1.165) is 35.2 Å². The Morgan fingerprint density at radius 1 is 1.53 bits per heavy atom. The van der Waals surface area contributed by atoms with E-state index in [1.807, 2.05) is 0 Å². The van der Waals surface area contributed by atoms with Crippen LogP contribution in [0.2, 0.25) is 10.0 Å². The van der Waals surface area contributed by atoms with Crippen LogP contribution in [0.5, 0.6) is 5.75 Å². The van der Waals surface area contributed by atoms with E-state index in [4.69, 9.17) is 27.9 Å². The molecule has 1 aromatic carbocycles. The maximum absolute atomic E-state index is 6.36. The van der Waals surface area contributed by atoms with Gasteiger partial charge in [0.15, 0.2) is 0 Å². The fourth-order valence-electron chi connectivity index (χ4n) is 2.11. The Kier molecular flexibility index (Phi) is 4.59. The highest BCUT2D eigenvalue weighted by Crippen LogP contribution is 2.44. The lowest BCUT2D eigenvalue weighted by molar-refractivity contribution is 0.315. The number of hydrogen-bond acceptors (Lipinski definition) is 2. The Hall–Kier alpha value is 0.0400. The van der Waals surface area contributed by atoms with Gasteiger partial charge in [0.2, 0.25) is 0 Å². The van der Waals surface area contributed by atoms with Gasteiger partial charge in [0.05, 0.1) is 16.7 Å². The second-order valence-corrected chi connectivity index (χ2v) is 5.64. The number of halogens is 3. The highest BCUT2D eigenvalue weighted by molar-refractivity contribution is 9.10. The normalized spacial score (nSPS) is 19.4. The van der Waals surface area contributed by atoms with Crippen LogP contribution >= 0.6 is 39.1 Å². The molecule has 1 N–H and O–H groups in total. The van der Waals surface area contributed by atoms with Gasteiger partial charge in [0.25, 0.3) is 0 Å². The second kappa shape index (κ2) is 5.79. The van der Waals surface area contributed by atoms with Gasteiger partial charge in [-0.2, -0.15) is 0 Å². The molecule has 1 aromatic rings. The predicted octanol–water partition coefficient (Wildman–Crippen LogP) is 4.58. The van der Waals surface area contributed by atoms with Crippen LogP contribution < -0.4 is 10.1 Å². The zero-order chi connectivity index (χ0) is 12.4. The third kappa shape index (κ3) is 2.73. The smallest absolute Gasteiger partial charge is 0.144 e. The lowest BCUT2D eigenvalue weighted by atomic mass is 10.0. The van der Waals surface area contributed by atoms with Crippen molar-refractivity contribution in [3.63, 3.8) is 0 Å². The molecule has 0 saturated carbocycles. The lowest BCUT2D eigenvalue weighted by Crippen LogP contribution is -2.20. The van der Waals surface area contributed by atoms with E-state index in [1.54, 1.807) is 6.07 Å². The zero-order valence-electron chi connectivity index (χ0n) is 9.53. The van der Waals surface area contributed by atoms with Crippen LogP contribution in [0.15, 0.2) is 10.5 Å². The topological polar surface area (TPSA) is 21.3 Å². The van der Waals surface area contributed by atoms with Crippen LogP contribution in [0.4, 0.5) is 0 Å². The van der Waals surface area contributed by atoms with Crippen molar-refractivity contribution in [2.45, 2.75) is 25.8 Å². The number of nitrogens with one attached hydrogen (secondary N) is 1. The van der Waals surface area contributed by atoms with Gasteiger partial charge < -0.3 is 10.1 Å². The summed E-state index contributed by atoms with van der Waals surface area (Å²) >= 11 is 16.0. The summed E-state index contributed by atoms with van der Waals surface area (Å²) in [5, 5.41) is 4.74. The molecule has 0 fully saturated rings. The summed E-state index contributed by atoms with van der Waals surface area (Å²) in [4.78, 5) is 0. The fourth-order valence-corrected chi connectivity index (χ4v) is 3.22. The van der Waals surface area contributed by atoms with Gasteiger partial charge in [-0.1, -0.05) is 30.1 Å². The Labute approximate surface area is 120 Å². The van der Waals surface area contributed by atoms with E-state index >= 15 is 0 Å². The maximum atomic E-state index is 6.36. The van der Waals surface area contributed by atoms with Crippen LogP contribution in [-0.4, -0.2) is 13.2 Å². The first-order valence-corrected chi connectivity index (χ1v) is 7.23. The Morgan fingerprint density at radius 3 is 3.00 bits per heavy atom. The number of benzene rings is 1. The van der Waals surface area contributed by atoms with Crippen LogP contribution in [0.1, 0.15) is 31.4 Å². The molecule has 0 amide bonds. The van der Waals surface area contributed by atoms with Crippen molar-refractivity contribution in [2.24, 2.45) is 0 Å². The lowest BCUT2D eigenvalue weighted by Gasteiger charge is -2.20. The molecule has 0 spiro atoms. The summed E-state index contributed by atoms with van der Waals surface area (Å²) in [5.41, 5.74) is 0.977. The molecule has 0 aromatic heterocycles. The average Bonchev–Trinajstić information content (AvgIpc) is 2.50. The van der Waals surface area contributed by atoms with Crippen LogP contribution in [0.25, 0.3) is 0 Å². The molecular weight excluding hydrogens is 325 g/mol. The van der Waals surface area contributed by atoms with Gasteiger partial charge in [-0.25, -0.2) is 0 Å². The first-order chi connectivity index (χ1) is 8.15. The molecule has 94 valence electrons. The predicted molar refractivity (Wildman–Crippen MR) is 75.3 cm³/mol. The Morgan fingerprint density at radius 2 is 2.29 bits per heavy atom. The molecule has 1 aliphatic heterocycles. The SMILES string of the molecule is CCNC1CCCOc2c(Cl)cc(Br)c(Cl)c21. The van der Waals surface area contributed by atoms with Crippen molar-refractivity contribution in [3.8, 4) is 5.75 Å². The summed E-state index contributed by atoms with van der Waals surface area (Å²) in [5.74, 6) is 0.725. The van der Waals surface area contributed by atoms with Gasteiger partial charge in [-0.05, 0) is 41.4 Å². The molecule has 17 heavy (non-hydrogen) atoms. The summed E-state index contributed by atoms with van der Waals surface area (Å²) in [6.07, 6.45) is 2.00. The van der Waals surface area contributed by atoms with Crippen LogP contribution in [0, 0.1) is 0 Å². The van der Waals surface area contributed by atoms with E-state index in [0.29, 0.717) is 16.7 Å². The van der Waals surface area contributed by atoms with Crippen molar-refractivity contribution in [1.82, 2.24) is 5.32 Å². The molecule has 0 bridgehead atoms. The van der Waals surface area contributed by atoms with E-state index in [9.17, 15) is 0 Å². The van der Waals surface area contributed by atoms with Crippen molar-refractivity contribution < 1.29 is 4.74 Å². The van der Waals surface area contributed by atoms with Crippen molar-refractivity contribution in [3.05, 3.63) is 26.1 Å². The number of rotatable bonds is 2. The second-order valence-electron chi connectivity index (χ2n) is 4.00. The fraction of sp³-hybridized carbons (Fsp3) is 0.500. The van der Waals surface area contributed by atoms with E-state index in [-0.39, 0.29) is 6.04 Å². The van der Waals surface area contributed by atoms with E-state index < -0.39 is 0 Å². The molecular formula is C12H14BrCl2NO. The van der Waals surface area contributed by atoms with Gasteiger partial charge in [0.1, 0.15) is 5.75 Å². The van der Waals surface area contributed by atoms with Gasteiger partial charge in [-0.15, -0.1) is 0 Å². The van der Waals surface area contributed by atoms with Crippen molar-refractivity contribution >= 4 is 39.1 Å². The molecule has 0 radical (unpaired) electrons. The molecule has 1 atom stereocenters. The van der Waals surface area contributed by atoms with Gasteiger partial charge >= 0.3 is 0 Å². The standard InChI is InChI=1S/C12H14BrCl2NO/c1-2-16-9-4-3-5-17-12-8(14)6-7(13)11(15)10(9)12/h6,9,16H,2-5H2,1H3. The summed E-state index contributed by atoms with van der Waals surface area (Å²) in [6, 6.07) is 2.00. The summed E-state index contributed by atoms with van der Waals surface area (Å²) in [6.45, 7) is 3.66. The first-order valence-electron chi connectivity index (χ1n) is 5.68. The molecule has 1 unspecified atom stereocenters. The zero-order valence-corrected chi connectivity index (χ0v) is 12.6. The molecule has 0 saturated heterocycles. The quantitative estimate of drug-likeness (QED) is 0.797. The summed E-state index contributed by atoms with van der Waals surface area (Å²) in [7, 11) is 0. The van der Waals surface area contributed by atoms with Gasteiger partial charge in [0, 0.05) is 16.1 Å². The molecule has 2 rings (SSSR count). The van der Waals surface area contributed by atoms with E-state index in [2.05, 4.69) is 28.2 Å². The van der Waals surface area contributed by atoms with Crippen molar-refractivity contribution in [1.29, 1.82) is 0 Å². The van der Waals surface area contributed by atoms with Crippen molar-refractivity contribution in [2.75, 3.05) is 13.2 Å². The molecule has 1 aliphatic rings. The molecule has 0 aliphatic carbocycles. The Balaban J connectivity index is 2.54. The average molecular weight is 339 g/mol.